The van der Waals surface area contributed by atoms with E-state index in [4.69, 9.17) is 0 Å². The topological polar surface area (TPSA) is 84.4 Å². The van der Waals surface area contributed by atoms with Crippen LogP contribution in [-0.2, 0) is 14.8 Å². The highest BCUT2D eigenvalue weighted by atomic mass is 32.2. The second-order valence-electron chi connectivity index (χ2n) is 3.19. The van der Waals surface area contributed by atoms with Gasteiger partial charge in [0.05, 0.1) is 5.56 Å². The summed E-state index contributed by atoms with van der Waals surface area (Å²) >= 11 is 0. The van der Waals surface area contributed by atoms with Crippen molar-refractivity contribution in [3.05, 3.63) is 23.9 Å². The van der Waals surface area contributed by atoms with Gasteiger partial charge >= 0.3 is 0 Å². The van der Waals surface area contributed by atoms with E-state index < -0.39 is 15.9 Å². The fourth-order valence-electron chi connectivity index (χ4n) is 1.50. The van der Waals surface area contributed by atoms with Crippen molar-refractivity contribution in [3.8, 4) is 0 Å². The second kappa shape index (κ2) is 3.67. The smallest absolute Gasteiger partial charge is 0.285 e. The molecule has 0 bridgehead atoms. The summed E-state index contributed by atoms with van der Waals surface area (Å²) in [5, 5.41) is -0.231. The molecule has 2 rings (SSSR count). The first-order chi connectivity index (χ1) is 7.59. The molecule has 6 nitrogen and oxygen atoms in total. The van der Waals surface area contributed by atoms with Crippen LogP contribution < -0.4 is 0 Å². The number of aromatic nitrogens is 1. The molecule has 0 N–H and O–H groups in total. The Hall–Kier alpha value is -1.76. The molecular weight excluding hydrogens is 232 g/mol. The van der Waals surface area contributed by atoms with Gasteiger partial charge in [0.15, 0.2) is 5.03 Å². The summed E-state index contributed by atoms with van der Waals surface area (Å²) in [6.07, 6.45) is 1.87. The number of carbonyl (C=O) groups excluding carboxylic acids is 2. The average molecular weight is 240 g/mol. The highest BCUT2D eigenvalue weighted by molar-refractivity contribution is 7.90. The molecule has 0 radical (unpaired) electrons. The molecule has 0 unspecified atom stereocenters. The summed E-state index contributed by atoms with van der Waals surface area (Å²) in [5.74, 6) is -0.620. The van der Waals surface area contributed by atoms with Crippen LogP contribution in [0.25, 0.3) is 0 Å². The minimum atomic E-state index is -3.85. The number of hydrogen-bond acceptors (Lipinski definition) is 5. The van der Waals surface area contributed by atoms with Gasteiger partial charge in [0.1, 0.15) is 6.29 Å². The molecule has 1 aliphatic heterocycles. The lowest BCUT2D eigenvalue weighted by Crippen LogP contribution is -2.31. The molecule has 16 heavy (non-hydrogen) atoms. The summed E-state index contributed by atoms with van der Waals surface area (Å²) in [7, 11) is -3.85. The molecule has 84 valence electrons. The molecule has 1 aliphatic rings. The van der Waals surface area contributed by atoms with Gasteiger partial charge in [-0.05, 0) is 12.1 Å². The maximum absolute atomic E-state index is 11.8. The van der Waals surface area contributed by atoms with Gasteiger partial charge in [-0.25, -0.2) is 9.29 Å². The number of carbonyl (C=O) groups is 2. The number of aldehydes is 1. The van der Waals surface area contributed by atoms with E-state index in [0.29, 0.717) is 10.6 Å². The van der Waals surface area contributed by atoms with Crippen molar-refractivity contribution in [1.29, 1.82) is 0 Å². The van der Waals surface area contributed by atoms with Crippen LogP contribution >= 0.6 is 0 Å². The van der Waals surface area contributed by atoms with Crippen LogP contribution in [0.15, 0.2) is 23.4 Å². The van der Waals surface area contributed by atoms with Crippen molar-refractivity contribution >= 4 is 22.2 Å². The molecule has 0 spiro atoms. The minimum absolute atomic E-state index is 0.0149. The van der Waals surface area contributed by atoms with E-state index >= 15 is 0 Å². The molecule has 0 fully saturated rings. The SMILES string of the molecule is O=CCCN1C(=O)c2cccnc2S1(=O)=O. The zero-order valence-corrected chi connectivity index (χ0v) is 8.98. The minimum Gasteiger partial charge on any atom is -0.303 e. The lowest BCUT2D eigenvalue weighted by atomic mass is 10.2. The van der Waals surface area contributed by atoms with Crippen molar-refractivity contribution in [3.63, 3.8) is 0 Å². The van der Waals surface area contributed by atoms with Crippen LogP contribution in [0, 0.1) is 0 Å². The summed E-state index contributed by atoms with van der Waals surface area (Å²) < 4.78 is 24.3. The predicted molar refractivity (Wildman–Crippen MR) is 53.1 cm³/mol. The molecular formula is C9H8N2O4S. The van der Waals surface area contributed by atoms with E-state index in [-0.39, 0.29) is 23.6 Å². The Bertz CT molecular complexity index is 552. The third kappa shape index (κ3) is 1.40. The Labute approximate surface area is 91.9 Å². The van der Waals surface area contributed by atoms with E-state index in [9.17, 15) is 18.0 Å². The molecule has 1 aromatic rings. The lowest BCUT2D eigenvalue weighted by Gasteiger charge is -2.11. The third-order valence-corrected chi connectivity index (χ3v) is 3.96. The van der Waals surface area contributed by atoms with E-state index in [1.165, 1.54) is 18.3 Å². The number of amides is 1. The Morgan fingerprint density at radius 1 is 1.44 bits per heavy atom. The van der Waals surface area contributed by atoms with Crippen molar-refractivity contribution in [2.75, 3.05) is 6.54 Å². The number of rotatable bonds is 3. The van der Waals surface area contributed by atoms with E-state index in [1.54, 1.807) is 0 Å². The summed E-state index contributed by atoms with van der Waals surface area (Å²) in [5.41, 5.74) is 0.0633. The van der Waals surface area contributed by atoms with Crippen LogP contribution in [0.1, 0.15) is 16.8 Å². The van der Waals surface area contributed by atoms with Gasteiger partial charge in [-0.3, -0.25) is 4.79 Å². The highest BCUT2D eigenvalue weighted by Crippen LogP contribution is 2.27. The van der Waals surface area contributed by atoms with Crippen LogP contribution in [0.4, 0.5) is 0 Å². The second-order valence-corrected chi connectivity index (χ2v) is 4.97. The molecule has 1 aromatic heterocycles. The maximum Gasteiger partial charge on any atom is 0.285 e. The first kappa shape index (κ1) is 10.7. The fraction of sp³-hybridized carbons (Fsp3) is 0.222. The van der Waals surface area contributed by atoms with Crippen LogP contribution in [0.5, 0.6) is 0 Å². The van der Waals surface area contributed by atoms with Crippen LogP contribution in [0.2, 0.25) is 0 Å². The largest absolute Gasteiger partial charge is 0.303 e. The zero-order valence-electron chi connectivity index (χ0n) is 8.16. The number of pyridine rings is 1. The average Bonchev–Trinajstić information content (AvgIpc) is 2.46. The predicted octanol–water partition coefficient (Wildman–Crippen LogP) is -0.185. The number of nitrogens with zero attached hydrogens (tertiary/aromatic N) is 2. The van der Waals surface area contributed by atoms with Crippen molar-refractivity contribution in [2.45, 2.75) is 11.4 Å². The van der Waals surface area contributed by atoms with Crippen LogP contribution in [-0.4, -0.2) is 36.4 Å². The number of fused-ring (bicyclic) bond motifs is 1. The first-order valence-electron chi connectivity index (χ1n) is 4.55. The van der Waals surface area contributed by atoms with E-state index in [1.807, 2.05) is 0 Å². The van der Waals surface area contributed by atoms with E-state index in [2.05, 4.69) is 4.98 Å². The van der Waals surface area contributed by atoms with Crippen molar-refractivity contribution in [1.82, 2.24) is 9.29 Å². The van der Waals surface area contributed by atoms with Gasteiger partial charge in [-0.1, -0.05) is 0 Å². The van der Waals surface area contributed by atoms with Crippen LogP contribution in [0.3, 0.4) is 0 Å². The van der Waals surface area contributed by atoms with Crippen molar-refractivity contribution in [2.24, 2.45) is 0 Å². The molecule has 0 aromatic carbocycles. The van der Waals surface area contributed by atoms with Gasteiger partial charge in [-0.2, -0.15) is 8.42 Å². The standard InChI is InChI=1S/C9H8N2O4S/c12-6-2-5-11-9(13)7-3-1-4-10-8(7)16(11,14)15/h1,3-4,6H,2,5H2. The molecule has 2 heterocycles. The molecule has 0 saturated carbocycles. The Morgan fingerprint density at radius 2 is 2.19 bits per heavy atom. The summed E-state index contributed by atoms with van der Waals surface area (Å²) in [6.45, 7) is -0.138. The Kier molecular flexibility index (Phi) is 2.47. The molecule has 0 saturated heterocycles. The molecule has 1 amide bonds. The monoisotopic (exact) mass is 240 g/mol. The van der Waals surface area contributed by atoms with Gasteiger partial charge in [0.2, 0.25) is 0 Å². The van der Waals surface area contributed by atoms with Gasteiger partial charge in [-0.15, -0.1) is 0 Å². The van der Waals surface area contributed by atoms with E-state index in [0.717, 1.165) is 0 Å². The maximum atomic E-state index is 11.8. The summed E-state index contributed by atoms with van der Waals surface area (Å²) in [4.78, 5) is 25.6. The van der Waals surface area contributed by atoms with Gasteiger partial charge in [0.25, 0.3) is 15.9 Å². The normalized spacial score (nSPS) is 17.2. The molecule has 7 heteroatoms. The summed E-state index contributed by atoms with van der Waals surface area (Å²) in [6, 6.07) is 2.90. The Balaban J connectivity index is 2.49. The molecule has 0 aliphatic carbocycles. The number of sulfonamides is 1. The highest BCUT2D eigenvalue weighted by Gasteiger charge is 2.41. The number of hydrogen-bond donors (Lipinski definition) is 0. The Morgan fingerprint density at radius 3 is 2.81 bits per heavy atom. The lowest BCUT2D eigenvalue weighted by molar-refractivity contribution is -0.107. The van der Waals surface area contributed by atoms with Gasteiger partial charge in [0, 0.05) is 19.2 Å². The third-order valence-electron chi connectivity index (χ3n) is 2.21. The first-order valence-corrected chi connectivity index (χ1v) is 5.99. The van der Waals surface area contributed by atoms with Crippen molar-refractivity contribution < 1.29 is 18.0 Å². The quantitative estimate of drug-likeness (QED) is 0.684. The molecule has 0 atom stereocenters. The zero-order chi connectivity index (χ0) is 11.8. The fourth-order valence-corrected chi connectivity index (χ4v) is 3.00. The van der Waals surface area contributed by atoms with Gasteiger partial charge < -0.3 is 4.79 Å².